The highest BCUT2D eigenvalue weighted by Crippen LogP contribution is 2.30. The Bertz CT molecular complexity index is 635. The van der Waals surface area contributed by atoms with Gasteiger partial charge < -0.3 is 4.90 Å². The first kappa shape index (κ1) is 13.3. The third kappa shape index (κ3) is 3.28. The van der Waals surface area contributed by atoms with Crippen molar-refractivity contribution >= 4 is 21.6 Å². The molecule has 1 fully saturated rings. The van der Waals surface area contributed by atoms with Gasteiger partial charge in [0, 0.05) is 38.4 Å². The minimum Gasteiger partial charge on any atom is -0.370 e. The van der Waals surface area contributed by atoms with Gasteiger partial charge in [0.25, 0.3) is 0 Å². The van der Waals surface area contributed by atoms with Crippen LogP contribution in [0.4, 0.5) is 5.69 Å². The molecule has 0 radical (unpaired) electrons. The molecule has 0 N–H and O–H groups in total. The zero-order valence-electron chi connectivity index (χ0n) is 13.3. The lowest BCUT2D eigenvalue weighted by Crippen LogP contribution is -2.34. The quantitative estimate of drug-likeness (QED) is 0.851. The number of rotatable bonds is 3. The van der Waals surface area contributed by atoms with Gasteiger partial charge in [-0.3, -0.25) is 9.67 Å². The highest BCUT2D eigenvalue weighted by Gasteiger charge is 2.21. The van der Waals surface area contributed by atoms with Gasteiger partial charge in [-0.25, -0.2) is 0 Å². The molecular formula is C16H21BrN4. The van der Waals surface area contributed by atoms with E-state index in [1.807, 2.05) is 24.8 Å². The number of hydrogen-bond acceptors (Lipinski definition) is 3. The van der Waals surface area contributed by atoms with Gasteiger partial charge in [0.15, 0.2) is 0 Å². The molecule has 112 valence electrons. The van der Waals surface area contributed by atoms with Crippen LogP contribution in [0.1, 0.15) is 25.3 Å². The number of anilines is 1. The highest BCUT2D eigenvalue weighted by molar-refractivity contribution is 9.10. The number of pyridine rings is 1. The van der Waals surface area contributed by atoms with E-state index in [1.54, 1.807) is 4.68 Å². The van der Waals surface area contributed by atoms with Crippen LogP contribution in [0.25, 0.3) is 0 Å². The minimum absolute atomic E-state index is 0.202. The Hall–Kier alpha value is -1.36. The fraction of sp³-hybridized carbons (Fsp3) is 0.500. The van der Waals surface area contributed by atoms with Crippen molar-refractivity contribution in [3.8, 4) is 0 Å². The van der Waals surface area contributed by atoms with E-state index in [2.05, 4.69) is 37.8 Å². The van der Waals surface area contributed by atoms with Gasteiger partial charge in [0.2, 0.25) is 0 Å². The molecule has 3 heterocycles. The van der Waals surface area contributed by atoms with E-state index >= 15 is 0 Å². The van der Waals surface area contributed by atoms with Gasteiger partial charge in [-0.1, -0.05) is 0 Å². The number of aromatic nitrogens is 3. The van der Waals surface area contributed by atoms with Crippen LogP contribution in [-0.2, 0) is 13.4 Å². The number of aryl methyl sites for hydroxylation is 1. The van der Waals surface area contributed by atoms with Crippen molar-refractivity contribution in [1.82, 2.24) is 14.8 Å². The van der Waals surface area contributed by atoms with E-state index < -0.39 is 0 Å². The Kier molecular flexibility index (Phi) is 3.92. The van der Waals surface area contributed by atoms with Gasteiger partial charge in [-0.15, -0.1) is 0 Å². The molecule has 0 atom stereocenters. The normalized spacial score (nSPS) is 17.0. The second-order valence-electron chi connectivity index (χ2n) is 5.79. The molecule has 2 aromatic heterocycles. The summed E-state index contributed by atoms with van der Waals surface area (Å²) in [4.78, 5) is 6.74. The molecule has 21 heavy (non-hydrogen) atoms. The van der Waals surface area contributed by atoms with Crippen molar-refractivity contribution in [2.45, 2.75) is 26.2 Å². The summed E-state index contributed by atoms with van der Waals surface area (Å²) in [5.41, 5.74) is 3.77. The molecular weight excluding hydrogens is 328 g/mol. The van der Waals surface area contributed by atoms with Crippen LogP contribution in [0.2, 0.25) is 0 Å². The summed E-state index contributed by atoms with van der Waals surface area (Å²) >= 11 is 3.56. The first-order valence-corrected chi connectivity index (χ1v) is 8.12. The predicted octanol–water partition coefficient (Wildman–Crippen LogP) is 3.35. The van der Waals surface area contributed by atoms with Crippen LogP contribution in [-0.4, -0.2) is 27.9 Å². The molecule has 0 aliphatic carbocycles. The summed E-state index contributed by atoms with van der Waals surface area (Å²) in [7, 11) is 0.202. The lowest BCUT2D eigenvalue weighted by Gasteiger charge is -2.34. The number of nitrogens with zero attached hydrogens (tertiary/aromatic N) is 4. The summed E-state index contributed by atoms with van der Waals surface area (Å²) in [6, 6.07) is 0. The Morgan fingerprint density at radius 3 is 2.86 bits per heavy atom. The minimum atomic E-state index is 0.202. The second-order valence-corrected chi connectivity index (χ2v) is 6.64. The zero-order chi connectivity index (χ0) is 15.5. The number of piperidine rings is 1. The van der Waals surface area contributed by atoms with E-state index in [9.17, 15) is 0 Å². The lowest BCUT2D eigenvalue weighted by atomic mass is 9.91. The number of hydrogen-bond donors (Lipinski definition) is 0. The molecule has 1 aliphatic heterocycles. The third-order valence-electron chi connectivity index (χ3n) is 4.29. The van der Waals surface area contributed by atoms with Crippen molar-refractivity contribution in [3.05, 3.63) is 40.4 Å². The molecule has 0 unspecified atom stereocenters. The van der Waals surface area contributed by atoms with E-state index in [-0.39, 0.29) is 7.02 Å². The molecule has 0 bridgehead atoms. The lowest BCUT2D eigenvalue weighted by molar-refractivity contribution is 0.403. The first-order chi connectivity index (χ1) is 10.7. The van der Waals surface area contributed by atoms with Crippen molar-refractivity contribution < 1.29 is 1.37 Å². The summed E-state index contributed by atoms with van der Waals surface area (Å²) in [6.07, 6.45) is 11.2. The van der Waals surface area contributed by atoms with Crippen LogP contribution < -0.4 is 4.90 Å². The van der Waals surface area contributed by atoms with E-state index in [4.69, 9.17) is 1.37 Å². The topological polar surface area (TPSA) is 34.0 Å². The SMILES string of the molecule is [2H]Cn1cc(CC2CCN(c3cncc(Br)c3C)CC2)cn1. The maximum atomic E-state index is 7.32. The van der Waals surface area contributed by atoms with Gasteiger partial charge in [0.05, 0.1) is 18.1 Å². The Balaban J connectivity index is 1.59. The molecule has 1 aliphatic rings. The molecule has 2 aromatic rings. The molecule has 0 aromatic carbocycles. The van der Waals surface area contributed by atoms with Crippen LogP contribution in [0.15, 0.2) is 29.3 Å². The van der Waals surface area contributed by atoms with E-state index in [0.717, 1.165) is 24.0 Å². The summed E-state index contributed by atoms with van der Waals surface area (Å²) in [5, 5.41) is 4.19. The predicted molar refractivity (Wildman–Crippen MR) is 88.5 cm³/mol. The fourth-order valence-corrected chi connectivity index (χ4v) is 3.35. The Labute approximate surface area is 135 Å². The first-order valence-electron chi connectivity index (χ1n) is 8.03. The largest absolute Gasteiger partial charge is 0.370 e. The van der Waals surface area contributed by atoms with Gasteiger partial charge >= 0.3 is 0 Å². The molecule has 4 nitrogen and oxygen atoms in total. The summed E-state index contributed by atoms with van der Waals surface area (Å²) in [5.74, 6) is 0.708. The average molecular weight is 350 g/mol. The molecule has 3 rings (SSSR count). The summed E-state index contributed by atoms with van der Waals surface area (Å²) < 4.78 is 10.1. The molecule has 0 amide bonds. The Morgan fingerprint density at radius 1 is 1.33 bits per heavy atom. The van der Waals surface area contributed by atoms with Gasteiger partial charge in [-0.05, 0) is 59.2 Å². The summed E-state index contributed by atoms with van der Waals surface area (Å²) in [6.45, 7) is 4.30. The van der Waals surface area contributed by atoms with Gasteiger partial charge in [0.1, 0.15) is 0 Å². The van der Waals surface area contributed by atoms with E-state index in [0.29, 0.717) is 5.92 Å². The van der Waals surface area contributed by atoms with Crippen molar-refractivity contribution in [2.24, 2.45) is 12.9 Å². The van der Waals surface area contributed by atoms with Crippen LogP contribution >= 0.6 is 15.9 Å². The molecule has 0 saturated carbocycles. The van der Waals surface area contributed by atoms with Gasteiger partial charge in [-0.2, -0.15) is 5.10 Å². The van der Waals surface area contributed by atoms with Crippen molar-refractivity contribution in [1.29, 1.82) is 0 Å². The average Bonchev–Trinajstić information content (AvgIpc) is 2.99. The van der Waals surface area contributed by atoms with Crippen molar-refractivity contribution in [2.75, 3.05) is 18.0 Å². The standard InChI is InChI=1S/C16H21BrN4/c1-12-15(17)9-18-10-16(12)21-5-3-13(4-6-21)7-14-8-19-20(2)11-14/h8-11,13H,3-7H2,1-2H3/i2D. The van der Waals surface area contributed by atoms with Crippen LogP contribution in [0.5, 0.6) is 0 Å². The van der Waals surface area contributed by atoms with Crippen LogP contribution in [0, 0.1) is 12.8 Å². The van der Waals surface area contributed by atoms with Crippen LogP contribution in [0.3, 0.4) is 0 Å². The monoisotopic (exact) mass is 349 g/mol. The molecule has 5 heteroatoms. The van der Waals surface area contributed by atoms with E-state index in [1.165, 1.54) is 29.7 Å². The second kappa shape index (κ2) is 6.18. The zero-order valence-corrected chi connectivity index (χ0v) is 13.9. The molecule has 1 saturated heterocycles. The maximum Gasteiger partial charge on any atom is 0.0593 e. The van der Waals surface area contributed by atoms with Crippen molar-refractivity contribution in [3.63, 3.8) is 0 Å². The number of halogens is 1. The fourth-order valence-electron chi connectivity index (χ4n) is 3.03. The molecule has 0 spiro atoms. The third-order valence-corrected chi connectivity index (χ3v) is 5.09. The maximum absolute atomic E-state index is 7.32. The Morgan fingerprint density at radius 2 is 2.14 bits per heavy atom. The smallest absolute Gasteiger partial charge is 0.0593 e. The highest BCUT2D eigenvalue weighted by atomic mass is 79.9.